The lowest BCUT2D eigenvalue weighted by Crippen LogP contribution is -2.37. The molecule has 11 aromatic carbocycles. The second-order valence-corrected chi connectivity index (χ2v) is 23.0. The number of fused-ring (bicyclic) bond motifs is 8. The molecule has 0 aliphatic carbocycles. The quantitative estimate of drug-likeness (QED) is 0.105. The van der Waals surface area contributed by atoms with Crippen LogP contribution in [0, 0.1) is 5.82 Å². The smallest absolute Gasteiger partial charge is 0.148 e. The Morgan fingerprint density at radius 3 is 1.46 bits per heavy atom. The van der Waals surface area contributed by atoms with E-state index in [4.69, 9.17) is 0 Å². The van der Waals surface area contributed by atoms with Crippen LogP contribution in [0.4, 0.5) is 38.5 Å². The zero-order valence-corrected chi connectivity index (χ0v) is 37.7. The number of hydrogen-bond acceptors (Lipinski definition) is 2. The Labute approximate surface area is 381 Å². The number of hydrogen-bond donors (Lipinski definition) is 0. The molecule has 0 unspecified atom stereocenters. The van der Waals surface area contributed by atoms with Crippen molar-refractivity contribution >= 4 is 90.5 Å². The summed E-state index contributed by atoms with van der Waals surface area (Å²) in [6, 6.07) is 80.8. The fraction of sp³-hybridized carbons (Fsp3) is 0.0492. The largest absolute Gasteiger partial charge is 0.310 e. The first-order valence-corrected chi connectivity index (χ1v) is 25.9. The Kier molecular flexibility index (Phi) is 10.1. The number of nitrogens with zero attached hydrogens (tertiary/aromatic N) is 2. The molecule has 0 heterocycles. The molecule has 4 heteroatoms. The molecule has 0 saturated heterocycles. The lowest BCUT2D eigenvalue weighted by Gasteiger charge is -2.29. The highest BCUT2D eigenvalue weighted by Crippen LogP contribution is 2.47. The molecule has 0 saturated carbocycles. The highest BCUT2D eigenvalue weighted by Gasteiger charge is 2.24. The molecular formula is C61H47FN2Si. The van der Waals surface area contributed by atoms with Crippen LogP contribution in [0.25, 0.3) is 65.3 Å². The van der Waals surface area contributed by atoms with Crippen LogP contribution in [0.1, 0.15) is 0 Å². The standard InChI is InChI=1S/C61H47FN2Si/c1-65(2,3)51-33-29-48(30-34-51)63(46-22-12-6-13-23-46)49-31-36-52-44(38-49)28-35-56-54-37-32-50(41-58(54)53-26-16-17-27-55(53)60(52)56)64(47-24-14-7-15-25-47)61-57(43-20-10-5-11-21-43)39-45(40-59(61)62)42-18-8-4-9-19-42/h4-41H,1-3H3. The lowest BCUT2D eigenvalue weighted by molar-refractivity contribution is 0.630. The summed E-state index contributed by atoms with van der Waals surface area (Å²) in [6.45, 7) is 7.18. The first kappa shape index (κ1) is 40.0. The van der Waals surface area contributed by atoms with Gasteiger partial charge in [0.25, 0.3) is 0 Å². The minimum Gasteiger partial charge on any atom is -0.310 e. The zero-order valence-electron chi connectivity index (χ0n) is 36.7. The third-order valence-corrected chi connectivity index (χ3v) is 14.9. The van der Waals surface area contributed by atoms with Gasteiger partial charge >= 0.3 is 0 Å². The van der Waals surface area contributed by atoms with E-state index in [2.05, 4.69) is 187 Å². The van der Waals surface area contributed by atoms with Crippen molar-refractivity contribution in [3.63, 3.8) is 0 Å². The number of halogens is 1. The van der Waals surface area contributed by atoms with Gasteiger partial charge in [-0.15, -0.1) is 0 Å². The van der Waals surface area contributed by atoms with E-state index in [1.807, 2.05) is 66.7 Å². The van der Waals surface area contributed by atoms with E-state index in [9.17, 15) is 0 Å². The summed E-state index contributed by atoms with van der Waals surface area (Å²) in [7, 11) is -1.46. The highest BCUT2D eigenvalue weighted by atomic mass is 28.3. The zero-order chi connectivity index (χ0) is 44.1. The van der Waals surface area contributed by atoms with Crippen molar-refractivity contribution in [2.24, 2.45) is 0 Å². The van der Waals surface area contributed by atoms with Crippen LogP contribution in [0.15, 0.2) is 231 Å². The van der Waals surface area contributed by atoms with Crippen LogP contribution in [0.5, 0.6) is 0 Å². The SMILES string of the molecule is C[Si](C)(C)c1ccc(N(c2ccccc2)c2ccc3c(ccc4c5ccc(N(c6ccccc6)c6c(F)cc(-c7ccccc7)cc6-c6ccccc6)cc5c5ccccc5c34)c2)cc1. The van der Waals surface area contributed by atoms with Crippen molar-refractivity contribution in [1.29, 1.82) is 0 Å². The van der Waals surface area contributed by atoms with Crippen molar-refractivity contribution in [3.05, 3.63) is 236 Å². The molecule has 0 bridgehead atoms. The van der Waals surface area contributed by atoms with E-state index in [0.29, 0.717) is 5.69 Å². The van der Waals surface area contributed by atoms with Gasteiger partial charge in [0.15, 0.2) is 0 Å². The normalized spacial score (nSPS) is 11.7. The fourth-order valence-corrected chi connectivity index (χ4v) is 10.8. The molecule has 0 aromatic heterocycles. The molecule has 11 aromatic rings. The number of benzene rings is 11. The average molecular weight is 855 g/mol. The van der Waals surface area contributed by atoms with E-state index < -0.39 is 8.07 Å². The maximum absolute atomic E-state index is 17.3. The van der Waals surface area contributed by atoms with Crippen molar-refractivity contribution in [3.8, 4) is 22.3 Å². The maximum atomic E-state index is 17.3. The van der Waals surface area contributed by atoms with Gasteiger partial charge in [-0.2, -0.15) is 0 Å². The van der Waals surface area contributed by atoms with Gasteiger partial charge in [-0.3, -0.25) is 0 Å². The Morgan fingerprint density at radius 2 is 0.815 bits per heavy atom. The molecule has 0 N–H and O–H groups in total. The third-order valence-electron chi connectivity index (χ3n) is 12.8. The molecule has 11 rings (SSSR count). The van der Waals surface area contributed by atoms with Crippen LogP contribution < -0.4 is 15.0 Å². The second-order valence-electron chi connectivity index (χ2n) is 17.9. The molecule has 312 valence electrons. The van der Waals surface area contributed by atoms with E-state index in [1.165, 1.54) is 32.1 Å². The second kappa shape index (κ2) is 16.4. The van der Waals surface area contributed by atoms with Gasteiger partial charge in [-0.25, -0.2) is 4.39 Å². The van der Waals surface area contributed by atoms with E-state index >= 15 is 4.39 Å². The molecule has 65 heavy (non-hydrogen) atoms. The van der Waals surface area contributed by atoms with Crippen LogP contribution in [0.2, 0.25) is 19.6 Å². The molecule has 0 radical (unpaired) electrons. The van der Waals surface area contributed by atoms with Gasteiger partial charge in [0.2, 0.25) is 0 Å². The molecule has 0 aliphatic heterocycles. The maximum Gasteiger partial charge on any atom is 0.148 e. The summed E-state index contributed by atoms with van der Waals surface area (Å²) in [4.78, 5) is 4.45. The van der Waals surface area contributed by atoms with Crippen molar-refractivity contribution < 1.29 is 4.39 Å². The predicted octanol–water partition coefficient (Wildman–Crippen LogP) is 17.3. The van der Waals surface area contributed by atoms with Gasteiger partial charge in [0.1, 0.15) is 5.82 Å². The van der Waals surface area contributed by atoms with E-state index in [0.717, 1.165) is 66.8 Å². The fourth-order valence-electron chi connectivity index (χ4n) is 9.62. The average Bonchev–Trinajstić information content (AvgIpc) is 3.35. The van der Waals surface area contributed by atoms with Crippen LogP contribution in [-0.4, -0.2) is 8.07 Å². The van der Waals surface area contributed by atoms with E-state index in [-0.39, 0.29) is 5.82 Å². The molecule has 0 fully saturated rings. The van der Waals surface area contributed by atoms with Crippen molar-refractivity contribution in [1.82, 2.24) is 0 Å². The van der Waals surface area contributed by atoms with Gasteiger partial charge < -0.3 is 9.80 Å². The number of anilines is 6. The summed E-state index contributed by atoms with van der Waals surface area (Å²) in [6.07, 6.45) is 0. The Bertz CT molecular complexity index is 3490. The van der Waals surface area contributed by atoms with Crippen LogP contribution >= 0.6 is 0 Å². The van der Waals surface area contributed by atoms with Crippen molar-refractivity contribution in [2.45, 2.75) is 19.6 Å². The molecule has 0 aliphatic rings. The van der Waals surface area contributed by atoms with Gasteiger partial charge in [0, 0.05) is 34.0 Å². The van der Waals surface area contributed by atoms with Gasteiger partial charge in [0.05, 0.1) is 13.8 Å². The lowest BCUT2D eigenvalue weighted by atomic mass is 9.90. The summed E-state index contributed by atoms with van der Waals surface area (Å²) in [5.74, 6) is -0.294. The molecule has 0 spiro atoms. The van der Waals surface area contributed by atoms with Gasteiger partial charge in [-0.05, 0) is 133 Å². The summed E-state index contributed by atoms with van der Waals surface area (Å²) in [5, 5.41) is 10.8. The monoisotopic (exact) mass is 854 g/mol. The summed E-state index contributed by atoms with van der Waals surface area (Å²) < 4.78 is 17.3. The topological polar surface area (TPSA) is 6.48 Å². The highest BCUT2D eigenvalue weighted by molar-refractivity contribution is 6.88. The minimum absolute atomic E-state index is 0.294. The first-order valence-electron chi connectivity index (χ1n) is 22.4. The summed E-state index contributed by atoms with van der Waals surface area (Å²) >= 11 is 0. The summed E-state index contributed by atoms with van der Waals surface area (Å²) in [5.41, 5.74) is 9.18. The first-order chi connectivity index (χ1) is 31.8. The predicted molar refractivity (Wildman–Crippen MR) is 280 cm³/mol. The van der Waals surface area contributed by atoms with Crippen molar-refractivity contribution in [2.75, 3.05) is 9.80 Å². The molecule has 2 nitrogen and oxygen atoms in total. The van der Waals surface area contributed by atoms with Crippen LogP contribution in [-0.2, 0) is 0 Å². The third kappa shape index (κ3) is 7.32. The Hall–Kier alpha value is -7.79. The van der Waals surface area contributed by atoms with Crippen LogP contribution in [0.3, 0.4) is 0 Å². The Morgan fingerprint density at radius 1 is 0.338 bits per heavy atom. The Balaban J connectivity index is 1.10. The van der Waals surface area contributed by atoms with Gasteiger partial charge in [-0.1, -0.05) is 183 Å². The number of para-hydroxylation sites is 2. The number of rotatable bonds is 9. The molecule has 0 atom stereocenters. The minimum atomic E-state index is -1.46. The molecular weight excluding hydrogens is 808 g/mol. The van der Waals surface area contributed by atoms with E-state index in [1.54, 1.807) is 6.07 Å². The molecule has 0 amide bonds.